The Morgan fingerprint density at radius 3 is 2.70 bits per heavy atom. The second-order valence-electron chi connectivity index (χ2n) is 13.0. The number of aromatic nitrogens is 5. The Kier molecular flexibility index (Phi) is 7.09. The van der Waals surface area contributed by atoms with Crippen molar-refractivity contribution in [3.63, 3.8) is 0 Å². The maximum absolute atomic E-state index is 14.1. The minimum absolute atomic E-state index is 0.0144. The lowest BCUT2D eigenvalue weighted by molar-refractivity contribution is -0.0338. The lowest BCUT2D eigenvalue weighted by Gasteiger charge is -2.41. The number of pyridine rings is 2. The van der Waals surface area contributed by atoms with Gasteiger partial charge < -0.3 is 14.1 Å². The molecular weight excluding hydrogens is 518 g/mol. The van der Waals surface area contributed by atoms with E-state index >= 15 is 0 Å². The Balaban J connectivity index is 1.37. The number of H-pyrrole nitrogens is 1. The molecule has 212 valence electrons. The smallest absolute Gasteiger partial charge is 0.334 e. The van der Waals surface area contributed by atoms with Gasteiger partial charge in [0.05, 0.1) is 24.8 Å². The lowest BCUT2D eigenvalue weighted by atomic mass is 10.0. The zero-order chi connectivity index (χ0) is 28.1. The molecule has 0 spiro atoms. The summed E-state index contributed by atoms with van der Waals surface area (Å²) >= 11 is 0. The van der Waals surface area contributed by atoms with Crippen molar-refractivity contribution < 1.29 is 9.16 Å². The van der Waals surface area contributed by atoms with Gasteiger partial charge in [0.1, 0.15) is 5.65 Å². The average Bonchev–Trinajstić information content (AvgIpc) is 3.50. The largest absolute Gasteiger partial charge is 0.412 e. The highest BCUT2D eigenvalue weighted by Gasteiger charge is 2.40. The summed E-state index contributed by atoms with van der Waals surface area (Å²) < 4.78 is 16.6. The van der Waals surface area contributed by atoms with E-state index in [1.807, 2.05) is 33.8 Å². The van der Waals surface area contributed by atoms with Gasteiger partial charge >= 0.3 is 5.69 Å². The number of imidazole rings is 1. The van der Waals surface area contributed by atoms with Crippen molar-refractivity contribution in [3.05, 3.63) is 53.3 Å². The molecule has 8 nitrogen and oxygen atoms in total. The van der Waals surface area contributed by atoms with E-state index in [4.69, 9.17) is 14.1 Å². The van der Waals surface area contributed by atoms with E-state index < -0.39 is 8.32 Å². The number of ether oxygens (including phenoxy) is 1. The van der Waals surface area contributed by atoms with Crippen molar-refractivity contribution in [2.24, 2.45) is 5.92 Å². The number of nitrogens with one attached hydrogen (secondary N) is 1. The van der Waals surface area contributed by atoms with Crippen LogP contribution in [0.2, 0.25) is 18.1 Å². The van der Waals surface area contributed by atoms with Gasteiger partial charge in [-0.2, -0.15) is 0 Å². The van der Waals surface area contributed by atoms with Crippen LogP contribution in [0.4, 0.5) is 0 Å². The Labute approximate surface area is 236 Å². The highest BCUT2D eigenvalue weighted by atomic mass is 28.4. The molecule has 5 heterocycles. The third-order valence-corrected chi connectivity index (χ3v) is 13.6. The Bertz CT molecular complexity index is 1620. The number of fused-ring (bicyclic) bond motifs is 2. The van der Waals surface area contributed by atoms with E-state index in [1.165, 1.54) is 0 Å². The summed E-state index contributed by atoms with van der Waals surface area (Å²) in [6.07, 6.45) is 12.9. The van der Waals surface area contributed by atoms with Crippen LogP contribution in [0.25, 0.3) is 39.0 Å². The molecule has 0 unspecified atom stereocenters. The molecule has 0 saturated carbocycles. The normalized spacial score (nSPS) is 20.8. The van der Waals surface area contributed by atoms with Gasteiger partial charge in [0.2, 0.25) is 0 Å². The van der Waals surface area contributed by atoms with Crippen molar-refractivity contribution in [1.82, 2.24) is 24.1 Å². The molecule has 2 atom stereocenters. The molecule has 4 aromatic rings. The highest BCUT2D eigenvalue weighted by molar-refractivity contribution is 6.74. The fourth-order valence-corrected chi connectivity index (χ4v) is 7.13. The number of hydrogen-bond acceptors (Lipinski definition) is 5. The van der Waals surface area contributed by atoms with Crippen LogP contribution < -0.4 is 5.69 Å². The van der Waals surface area contributed by atoms with E-state index in [-0.39, 0.29) is 22.7 Å². The first-order chi connectivity index (χ1) is 19.1. The highest BCUT2D eigenvalue weighted by Crippen LogP contribution is 2.38. The zero-order valence-electron chi connectivity index (χ0n) is 24.4. The number of hydrogen-bond donors (Lipinski definition) is 1. The molecule has 4 aromatic heterocycles. The molecular formula is C31H41N5O3Si. The lowest BCUT2D eigenvalue weighted by Crippen LogP contribution is -2.47. The third kappa shape index (κ3) is 5.10. The Morgan fingerprint density at radius 2 is 1.93 bits per heavy atom. The number of rotatable bonds is 6. The summed E-state index contributed by atoms with van der Waals surface area (Å²) in [7, 11) is -1.92. The molecule has 0 radical (unpaired) electrons. The predicted molar refractivity (Wildman–Crippen MR) is 163 cm³/mol. The maximum Gasteiger partial charge on any atom is 0.334 e. The molecule has 0 aromatic carbocycles. The van der Waals surface area contributed by atoms with Crippen LogP contribution in [-0.2, 0) is 15.7 Å². The molecule has 40 heavy (non-hydrogen) atoms. The monoisotopic (exact) mass is 559 g/mol. The molecule has 1 saturated heterocycles. The van der Waals surface area contributed by atoms with Gasteiger partial charge in [-0.15, -0.1) is 0 Å². The van der Waals surface area contributed by atoms with Crippen LogP contribution in [0.15, 0.2) is 47.7 Å². The van der Waals surface area contributed by atoms with E-state index in [1.54, 1.807) is 0 Å². The molecule has 6 rings (SSSR count). The molecule has 2 aliphatic rings. The summed E-state index contributed by atoms with van der Waals surface area (Å²) in [6, 6.07) is 6.24. The van der Waals surface area contributed by atoms with Gasteiger partial charge in [-0.3, -0.25) is 4.57 Å². The fraction of sp³-hybridized carbons (Fsp3) is 0.516. The van der Waals surface area contributed by atoms with Gasteiger partial charge in [0.25, 0.3) is 0 Å². The van der Waals surface area contributed by atoms with Gasteiger partial charge in [0, 0.05) is 53.3 Å². The SMILES string of the molecule is CC(C)(C)[Si](C)(C)O[C@@H]1COC[C@H](Cn2c(=O)n(C3=CCCCC3)c3ncc(-c4cnc5[nH]ccc5c4)cc32)C1. The second-order valence-corrected chi connectivity index (χ2v) is 17.8. The zero-order valence-corrected chi connectivity index (χ0v) is 25.4. The van der Waals surface area contributed by atoms with Crippen LogP contribution in [0.5, 0.6) is 0 Å². The predicted octanol–water partition coefficient (Wildman–Crippen LogP) is 6.58. The maximum atomic E-state index is 14.1. The van der Waals surface area contributed by atoms with Crippen molar-refractivity contribution >= 4 is 36.2 Å². The van der Waals surface area contributed by atoms with E-state index in [2.05, 4.69) is 62.0 Å². The molecule has 0 bridgehead atoms. The molecule has 0 amide bonds. The number of nitrogens with zero attached hydrogens (tertiary/aromatic N) is 4. The van der Waals surface area contributed by atoms with Crippen LogP contribution in [0.3, 0.4) is 0 Å². The van der Waals surface area contributed by atoms with Gasteiger partial charge in [-0.05, 0) is 68.4 Å². The van der Waals surface area contributed by atoms with Crippen LogP contribution in [0, 0.1) is 5.92 Å². The standard InChI is InChI=1S/C31H41N5O3Si/c1-31(2,3)40(4,5)39-26-13-21(19-38-20-26)18-35-27-15-24(23-14-22-11-12-32-28(22)33-16-23)17-34-29(27)36(30(35)37)25-9-7-6-8-10-25/h9,11-12,14-17,21,26H,6-8,10,13,18-20H2,1-5H3,(H,32,33)/t21-,26-/m0/s1. The van der Waals surface area contributed by atoms with E-state index in [0.29, 0.717) is 19.8 Å². The topological polar surface area (TPSA) is 87.0 Å². The first-order valence-electron chi connectivity index (χ1n) is 14.6. The molecule has 1 fully saturated rings. The summed E-state index contributed by atoms with van der Waals surface area (Å²) in [4.78, 5) is 26.7. The second kappa shape index (κ2) is 10.4. The van der Waals surface area contributed by atoms with Crippen molar-refractivity contribution in [2.45, 2.75) is 83.7 Å². The number of aromatic amines is 1. The Hall–Kier alpha value is -3.01. The minimum atomic E-state index is -1.92. The van der Waals surface area contributed by atoms with Crippen LogP contribution >= 0.6 is 0 Å². The summed E-state index contributed by atoms with van der Waals surface area (Å²) in [6.45, 7) is 13.2. The number of allylic oxidation sites excluding steroid dienone is 2. The fourth-order valence-electron chi connectivity index (χ4n) is 5.78. The van der Waals surface area contributed by atoms with E-state index in [0.717, 1.165) is 71.1 Å². The summed E-state index contributed by atoms with van der Waals surface area (Å²) in [5.41, 5.74) is 5.42. The van der Waals surface area contributed by atoms with Crippen LogP contribution in [0.1, 0.15) is 52.9 Å². The first-order valence-corrected chi connectivity index (χ1v) is 17.5. The van der Waals surface area contributed by atoms with Gasteiger partial charge in [0.15, 0.2) is 14.0 Å². The van der Waals surface area contributed by atoms with Gasteiger partial charge in [-0.25, -0.2) is 19.3 Å². The average molecular weight is 560 g/mol. The van der Waals surface area contributed by atoms with Crippen molar-refractivity contribution in [3.8, 4) is 11.1 Å². The summed E-state index contributed by atoms with van der Waals surface area (Å²) in [5, 5.41) is 1.19. The third-order valence-electron chi connectivity index (χ3n) is 9.02. The summed E-state index contributed by atoms with van der Waals surface area (Å²) in [5.74, 6) is 0.183. The van der Waals surface area contributed by atoms with Crippen molar-refractivity contribution in [2.75, 3.05) is 13.2 Å². The molecule has 1 N–H and O–H groups in total. The van der Waals surface area contributed by atoms with Crippen LogP contribution in [-0.4, -0.2) is 51.7 Å². The van der Waals surface area contributed by atoms with Gasteiger partial charge in [-0.1, -0.05) is 26.8 Å². The first kappa shape index (κ1) is 27.2. The quantitative estimate of drug-likeness (QED) is 0.270. The van der Waals surface area contributed by atoms with E-state index in [9.17, 15) is 4.79 Å². The molecule has 1 aliphatic heterocycles. The minimum Gasteiger partial charge on any atom is -0.412 e. The van der Waals surface area contributed by atoms with Crippen molar-refractivity contribution in [1.29, 1.82) is 0 Å². The Morgan fingerprint density at radius 1 is 1.12 bits per heavy atom. The molecule has 9 heteroatoms. The molecule has 1 aliphatic carbocycles.